The molecular weight excluding hydrogens is 358 g/mol. The predicted molar refractivity (Wildman–Crippen MR) is 107 cm³/mol. The summed E-state index contributed by atoms with van der Waals surface area (Å²) in [5.41, 5.74) is 0. The van der Waals surface area contributed by atoms with Gasteiger partial charge in [-0.25, -0.2) is 0 Å². The van der Waals surface area contributed by atoms with Crippen LogP contribution in [0.25, 0.3) is 0 Å². The van der Waals surface area contributed by atoms with Crippen LogP contribution in [0.4, 0.5) is 0 Å². The van der Waals surface area contributed by atoms with Crippen LogP contribution in [0.1, 0.15) is 57.8 Å². The number of nitrogens with zero attached hydrogens (tertiary/aromatic N) is 2. The Morgan fingerprint density at radius 1 is 1.11 bits per heavy atom. The van der Waals surface area contributed by atoms with E-state index in [9.17, 15) is 14.7 Å². The van der Waals surface area contributed by atoms with Gasteiger partial charge in [-0.3, -0.25) is 14.5 Å². The maximum atomic E-state index is 12.7. The molecule has 3 aliphatic rings. The van der Waals surface area contributed by atoms with Gasteiger partial charge in [0, 0.05) is 45.8 Å². The number of β-amino-alcohol motifs (C(OH)–C–C–N with tert-alkyl or cyclic N) is 1. The first-order chi connectivity index (χ1) is 13.6. The second-order valence-corrected chi connectivity index (χ2v) is 8.71. The average molecular weight is 396 g/mol. The predicted octanol–water partition coefficient (Wildman–Crippen LogP) is 1.15. The molecule has 0 unspecified atom stereocenters. The zero-order valence-electron chi connectivity index (χ0n) is 17.3. The van der Waals surface area contributed by atoms with Crippen molar-refractivity contribution in [2.24, 2.45) is 5.92 Å². The summed E-state index contributed by atoms with van der Waals surface area (Å²) in [6, 6.07) is -0.0181. The van der Waals surface area contributed by atoms with Gasteiger partial charge >= 0.3 is 0 Å². The summed E-state index contributed by atoms with van der Waals surface area (Å²) in [6.45, 7) is 3.05. The Bertz CT molecular complexity index is 516. The van der Waals surface area contributed by atoms with Crippen molar-refractivity contribution >= 4 is 11.8 Å². The molecule has 2 aliphatic heterocycles. The van der Waals surface area contributed by atoms with Crippen molar-refractivity contribution in [2.75, 3.05) is 39.9 Å². The maximum Gasteiger partial charge on any atom is 0.237 e. The van der Waals surface area contributed by atoms with Crippen LogP contribution in [0.5, 0.6) is 0 Å². The summed E-state index contributed by atoms with van der Waals surface area (Å²) in [6.07, 6.45) is 8.76. The normalized spacial score (nSPS) is 27.9. The molecule has 2 atom stereocenters. The Morgan fingerprint density at radius 3 is 2.50 bits per heavy atom. The minimum Gasteiger partial charge on any atom is -0.392 e. The van der Waals surface area contributed by atoms with E-state index >= 15 is 0 Å². The summed E-state index contributed by atoms with van der Waals surface area (Å²) < 4.78 is 4.99. The van der Waals surface area contributed by atoms with Gasteiger partial charge in [-0.15, -0.1) is 0 Å². The lowest BCUT2D eigenvalue weighted by Gasteiger charge is -2.39. The lowest BCUT2D eigenvalue weighted by atomic mass is 9.86. The van der Waals surface area contributed by atoms with Crippen molar-refractivity contribution < 1.29 is 19.4 Å². The van der Waals surface area contributed by atoms with Gasteiger partial charge in [0.15, 0.2) is 0 Å². The molecule has 0 spiro atoms. The smallest absolute Gasteiger partial charge is 0.237 e. The van der Waals surface area contributed by atoms with Gasteiger partial charge in [0.05, 0.1) is 18.8 Å². The zero-order valence-corrected chi connectivity index (χ0v) is 17.3. The summed E-state index contributed by atoms with van der Waals surface area (Å²) in [4.78, 5) is 29.4. The minimum atomic E-state index is -0.455. The van der Waals surface area contributed by atoms with E-state index in [0.717, 1.165) is 25.9 Å². The second kappa shape index (κ2) is 10.6. The largest absolute Gasteiger partial charge is 0.392 e. The Labute approximate surface area is 168 Å². The fourth-order valence-corrected chi connectivity index (χ4v) is 5.11. The lowest BCUT2D eigenvalue weighted by molar-refractivity contribution is -0.135. The molecule has 7 heteroatoms. The first kappa shape index (κ1) is 21.5. The first-order valence-electron chi connectivity index (χ1n) is 11.1. The fourth-order valence-electron chi connectivity index (χ4n) is 5.11. The van der Waals surface area contributed by atoms with Crippen molar-refractivity contribution in [3.63, 3.8) is 0 Å². The number of rotatable bonds is 7. The van der Waals surface area contributed by atoms with E-state index in [2.05, 4.69) is 10.2 Å². The van der Waals surface area contributed by atoms with E-state index < -0.39 is 6.10 Å². The lowest BCUT2D eigenvalue weighted by Crippen LogP contribution is -2.52. The molecular formula is C21H37N3O4. The third-order valence-electron chi connectivity index (χ3n) is 6.70. The average Bonchev–Trinajstić information content (AvgIpc) is 3.11. The number of piperidine rings is 1. The number of hydrogen-bond acceptors (Lipinski definition) is 5. The van der Waals surface area contributed by atoms with Crippen molar-refractivity contribution in [1.29, 1.82) is 0 Å². The van der Waals surface area contributed by atoms with E-state index in [-0.39, 0.29) is 18.0 Å². The molecule has 0 radical (unpaired) electrons. The topological polar surface area (TPSA) is 82.1 Å². The van der Waals surface area contributed by atoms with E-state index in [1.54, 1.807) is 7.11 Å². The number of amides is 2. The van der Waals surface area contributed by atoms with Gasteiger partial charge in [0.2, 0.25) is 11.8 Å². The van der Waals surface area contributed by atoms with Crippen LogP contribution < -0.4 is 5.32 Å². The molecule has 160 valence electrons. The Kier molecular flexibility index (Phi) is 8.11. The first-order valence-corrected chi connectivity index (χ1v) is 11.1. The second-order valence-electron chi connectivity index (χ2n) is 8.71. The molecule has 0 aromatic heterocycles. The molecule has 0 aromatic rings. The Balaban J connectivity index is 1.47. The highest BCUT2D eigenvalue weighted by atomic mass is 16.5. The van der Waals surface area contributed by atoms with Crippen LogP contribution in [0.3, 0.4) is 0 Å². The maximum absolute atomic E-state index is 12.7. The molecule has 28 heavy (non-hydrogen) atoms. The van der Waals surface area contributed by atoms with E-state index in [1.807, 2.05) is 4.90 Å². The highest BCUT2D eigenvalue weighted by molar-refractivity contribution is 5.82. The molecule has 7 nitrogen and oxygen atoms in total. The fraction of sp³-hybridized carbons (Fsp3) is 0.905. The van der Waals surface area contributed by atoms with Gasteiger partial charge in [-0.05, 0) is 38.0 Å². The third-order valence-corrected chi connectivity index (χ3v) is 6.70. The summed E-state index contributed by atoms with van der Waals surface area (Å²) >= 11 is 0. The quantitative estimate of drug-likeness (QED) is 0.632. The Morgan fingerprint density at radius 2 is 1.82 bits per heavy atom. The molecule has 2 saturated heterocycles. The van der Waals surface area contributed by atoms with Gasteiger partial charge in [0.25, 0.3) is 0 Å². The van der Waals surface area contributed by atoms with Crippen molar-refractivity contribution in [3.05, 3.63) is 0 Å². The van der Waals surface area contributed by atoms with Crippen LogP contribution in [0.2, 0.25) is 0 Å². The van der Waals surface area contributed by atoms with Crippen molar-refractivity contribution in [2.45, 2.75) is 76.0 Å². The van der Waals surface area contributed by atoms with Crippen LogP contribution in [0.15, 0.2) is 0 Å². The SMILES string of the molecule is COCCNC(=O)[C@@H]1C[C@@H](O)CN1C1CCN(C(=O)CC2CCCCC2)CC1. The molecule has 2 amide bonds. The number of likely N-dealkylation sites (tertiary alicyclic amines) is 2. The number of methoxy groups -OCH3 is 1. The number of carbonyl (C=O) groups is 2. The molecule has 1 saturated carbocycles. The molecule has 2 N–H and O–H groups in total. The molecule has 3 rings (SSSR count). The molecule has 1 aliphatic carbocycles. The van der Waals surface area contributed by atoms with Gasteiger partial charge in [0.1, 0.15) is 0 Å². The highest BCUT2D eigenvalue weighted by Crippen LogP contribution is 2.29. The molecule has 0 bridgehead atoms. The Hall–Kier alpha value is -1.18. The van der Waals surface area contributed by atoms with Crippen LogP contribution in [-0.2, 0) is 14.3 Å². The number of ether oxygens (including phenoxy) is 1. The summed E-state index contributed by atoms with van der Waals surface area (Å²) in [7, 11) is 1.61. The van der Waals surface area contributed by atoms with Crippen molar-refractivity contribution in [1.82, 2.24) is 15.1 Å². The number of aliphatic hydroxyl groups excluding tert-OH is 1. The van der Waals surface area contributed by atoms with Gasteiger partial charge in [-0.2, -0.15) is 0 Å². The molecule has 3 fully saturated rings. The van der Waals surface area contributed by atoms with E-state index in [4.69, 9.17) is 4.74 Å². The van der Waals surface area contributed by atoms with E-state index in [0.29, 0.717) is 44.4 Å². The number of hydrogen-bond donors (Lipinski definition) is 2. The standard InChI is InChI=1S/C21H37N3O4/c1-28-12-9-22-21(27)19-14-18(25)15-24(19)17-7-10-23(11-8-17)20(26)13-16-5-3-2-4-6-16/h16-19,25H,2-15H2,1H3,(H,22,27)/t18-,19+/m1/s1. The monoisotopic (exact) mass is 395 g/mol. The summed E-state index contributed by atoms with van der Waals surface area (Å²) in [5, 5.41) is 13.0. The van der Waals surface area contributed by atoms with E-state index in [1.165, 1.54) is 32.1 Å². The molecule has 0 aromatic carbocycles. The van der Waals surface area contributed by atoms with Crippen LogP contribution in [-0.4, -0.2) is 84.8 Å². The van der Waals surface area contributed by atoms with Crippen LogP contribution in [0, 0.1) is 5.92 Å². The number of aliphatic hydroxyl groups is 1. The zero-order chi connectivity index (χ0) is 19.9. The highest BCUT2D eigenvalue weighted by Gasteiger charge is 2.40. The number of carbonyl (C=O) groups excluding carboxylic acids is 2. The van der Waals surface area contributed by atoms with Crippen LogP contribution >= 0.6 is 0 Å². The minimum absolute atomic E-state index is 0.0237. The van der Waals surface area contributed by atoms with Crippen molar-refractivity contribution in [3.8, 4) is 0 Å². The third kappa shape index (κ3) is 5.67. The summed E-state index contributed by atoms with van der Waals surface area (Å²) in [5.74, 6) is 0.859. The molecule has 2 heterocycles. The van der Waals surface area contributed by atoms with Gasteiger partial charge in [-0.1, -0.05) is 19.3 Å². The number of nitrogens with one attached hydrogen (secondary N) is 1. The van der Waals surface area contributed by atoms with Gasteiger partial charge < -0.3 is 20.1 Å².